The van der Waals surface area contributed by atoms with E-state index in [-0.39, 0.29) is 17.6 Å². The third-order valence-electron chi connectivity index (χ3n) is 6.20. The molecule has 1 saturated heterocycles. The highest BCUT2D eigenvalue weighted by Gasteiger charge is 2.57. The minimum Gasteiger partial charge on any atom is -0.392 e. The maximum absolute atomic E-state index is 11.0. The Labute approximate surface area is 130 Å². The summed E-state index contributed by atoms with van der Waals surface area (Å²) in [6.07, 6.45) is 7.03. The summed E-state index contributed by atoms with van der Waals surface area (Å²) in [6, 6.07) is 8.84. The average molecular weight is 295 g/mol. The number of fused-ring (bicyclic) bond motifs is 3. The van der Waals surface area contributed by atoms with E-state index >= 15 is 0 Å². The van der Waals surface area contributed by atoms with Gasteiger partial charge in [-0.15, -0.1) is 0 Å². The molecule has 3 atom stereocenters. The van der Waals surface area contributed by atoms with Crippen LogP contribution < -0.4 is 5.32 Å². The van der Waals surface area contributed by atoms with Gasteiger partial charge in [-0.3, -0.25) is 0 Å². The van der Waals surface area contributed by atoms with E-state index in [0.717, 1.165) is 32.4 Å². The fourth-order valence-corrected chi connectivity index (χ4v) is 5.01. The molecule has 0 bridgehead atoms. The first-order valence-electron chi connectivity index (χ1n) is 8.30. The predicted molar refractivity (Wildman–Crippen MR) is 84.5 cm³/mol. The Hall–Kier alpha value is -1.65. The van der Waals surface area contributed by atoms with Crippen LogP contribution in [0.3, 0.4) is 0 Å². The third-order valence-corrected chi connectivity index (χ3v) is 6.20. The molecule has 3 aliphatic rings. The molecule has 114 valence electrons. The van der Waals surface area contributed by atoms with Crippen LogP contribution in [0.2, 0.25) is 0 Å². The van der Waals surface area contributed by atoms with Gasteiger partial charge in [0, 0.05) is 11.5 Å². The predicted octanol–water partition coefficient (Wildman–Crippen LogP) is 2.20. The van der Waals surface area contributed by atoms with Crippen LogP contribution in [0.4, 0.5) is 0 Å². The van der Waals surface area contributed by atoms with Gasteiger partial charge >= 0.3 is 0 Å². The number of rotatable bonds is 1. The van der Waals surface area contributed by atoms with Crippen LogP contribution in [0, 0.1) is 11.3 Å². The number of hydrogen-bond donors (Lipinski definition) is 2. The van der Waals surface area contributed by atoms with Crippen LogP contribution in [0.1, 0.15) is 30.9 Å². The number of hydrogen-bond acceptors (Lipinski definition) is 3. The Bertz CT molecular complexity index is 717. The van der Waals surface area contributed by atoms with Crippen molar-refractivity contribution in [1.82, 2.24) is 14.9 Å². The van der Waals surface area contributed by atoms with Crippen LogP contribution in [0.25, 0.3) is 11.3 Å². The number of nitrogens with zero attached hydrogens (tertiary/aromatic N) is 2. The molecule has 1 aromatic heterocycles. The molecule has 0 unspecified atom stereocenters. The highest BCUT2D eigenvalue weighted by atomic mass is 16.3. The van der Waals surface area contributed by atoms with E-state index in [0.29, 0.717) is 5.92 Å². The van der Waals surface area contributed by atoms with Crippen LogP contribution >= 0.6 is 0 Å². The molecule has 2 N–H and O–H groups in total. The quantitative estimate of drug-likeness (QED) is 0.848. The molecule has 2 aliphatic heterocycles. The molecular weight excluding hydrogens is 274 g/mol. The summed E-state index contributed by atoms with van der Waals surface area (Å²) in [6.45, 7) is 2.09. The van der Waals surface area contributed by atoms with Crippen molar-refractivity contribution in [1.29, 1.82) is 0 Å². The number of aliphatic hydroxyl groups excluding tert-OH is 1. The normalized spacial score (nSPS) is 31.6. The first-order valence-corrected chi connectivity index (χ1v) is 8.30. The maximum atomic E-state index is 11.0. The van der Waals surface area contributed by atoms with Gasteiger partial charge in [-0.2, -0.15) is 0 Å². The average Bonchev–Trinajstić information content (AvgIpc) is 3.14. The van der Waals surface area contributed by atoms with Gasteiger partial charge in [0.2, 0.25) is 0 Å². The molecule has 4 nitrogen and oxygen atoms in total. The van der Waals surface area contributed by atoms with Gasteiger partial charge in [-0.25, -0.2) is 4.98 Å². The molecule has 1 aromatic carbocycles. The summed E-state index contributed by atoms with van der Waals surface area (Å²) in [4.78, 5) is 4.33. The highest BCUT2D eigenvalue weighted by Crippen LogP contribution is 2.58. The van der Waals surface area contributed by atoms with Crippen molar-refractivity contribution in [2.45, 2.75) is 31.4 Å². The molecule has 3 heterocycles. The Morgan fingerprint density at radius 3 is 2.86 bits per heavy atom. The molecule has 4 heteroatoms. The summed E-state index contributed by atoms with van der Waals surface area (Å²) in [5.74, 6) is 0.315. The summed E-state index contributed by atoms with van der Waals surface area (Å²) in [5.41, 5.74) is 3.99. The van der Waals surface area contributed by atoms with E-state index < -0.39 is 0 Å². The topological polar surface area (TPSA) is 50.1 Å². The van der Waals surface area contributed by atoms with Gasteiger partial charge in [0.1, 0.15) is 0 Å². The zero-order chi connectivity index (χ0) is 14.7. The lowest BCUT2D eigenvalue weighted by Gasteiger charge is -2.56. The number of aliphatic hydroxyl groups is 1. The Balaban J connectivity index is 1.52. The second-order valence-corrected chi connectivity index (χ2v) is 7.14. The fourth-order valence-electron chi connectivity index (χ4n) is 5.01. The molecule has 1 spiro atoms. The van der Waals surface area contributed by atoms with Gasteiger partial charge in [-0.05, 0) is 43.3 Å². The number of imidazole rings is 1. The van der Waals surface area contributed by atoms with Crippen LogP contribution in [-0.4, -0.2) is 33.9 Å². The molecule has 2 aromatic rings. The smallest absolute Gasteiger partial charge is 0.0956 e. The first-order chi connectivity index (χ1) is 10.8. The van der Waals surface area contributed by atoms with Gasteiger partial charge in [-0.1, -0.05) is 24.3 Å². The monoisotopic (exact) mass is 295 g/mol. The maximum Gasteiger partial charge on any atom is 0.0956 e. The third kappa shape index (κ3) is 1.52. The second kappa shape index (κ2) is 4.43. The van der Waals surface area contributed by atoms with Crippen molar-refractivity contribution in [3.63, 3.8) is 0 Å². The Morgan fingerprint density at radius 2 is 2.05 bits per heavy atom. The molecule has 0 radical (unpaired) electrons. The number of benzene rings is 1. The van der Waals surface area contributed by atoms with Crippen LogP contribution in [0.5, 0.6) is 0 Å². The van der Waals surface area contributed by atoms with E-state index in [9.17, 15) is 5.11 Å². The van der Waals surface area contributed by atoms with E-state index in [1.807, 2.05) is 12.5 Å². The molecule has 1 aliphatic carbocycles. The van der Waals surface area contributed by atoms with Crippen LogP contribution in [0.15, 0.2) is 36.8 Å². The molecule has 5 rings (SSSR count). The van der Waals surface area contributed by atoms with Gasteiger partial charge in [0.25, 0.3) is 0 Å². The van der Waals surface area contributed by atoms with Gasteiger partial charge < -0.3 is 15.0 Å². The van der Waals surface area contributed by atoms with E-state index in [4.69, 9.17) is 0 Å². The van der Waals surface area contributed by atoms with E-state index in [2.05, 4.69) is 39.1 Å². The van der Waals surface area contributed by atoms with Crippen molar-refractivity contribution in [2.75, 3.05) is 13.1 Å². The van der Waals surface area contributed by atoms with Gasteiger partial charge in [0.15, 0.2) is 0 Å². The number of nitrogens with one attached hydrogen (secondary N) is 1. The lowest BCUT2D eigenvalue weighted by Crippen LogP contribution is -2.58. The zero-order valence-electron chi connectivity index (χ0n) is 12.6. The summed E-state index contributed by atoms with van der Waals surface area (Å²) < 4.78 is 2.27. The molecule has 0 amide bonds. The number of piperidine rings is 1. The van der Waals surface area contributed by atoms with Crippen molar-refractivity contribution >= 4 is 0 Å². The number of aromatic nitrogens is 2. The Morgan fingerprint density at radius 1 is 1.23 bits per heavy atom. The van der Waals surface area contributed by atoms with Gasteiger partial charge in [0.05, 0.1) is 30.4 Å². The van der Waals surface area contributed by atoms with E-state index in [1.165, 1.54) is 16.8 Å². The largest absolute Gasteiger partial charge is 0.392 e. The molecule has 1 saturated carbocycles. The van der Waals surface area contributed by atoms with E-state index in [1.54, 1.807) is 0 Å². The van der Waals surface area contributed by atoms with Crippen molar-refractivity contribution < 1.29 is 5.11 Å². The van der Waals surface area contributed by atoms with Crippen molar-refractivity contribution in [3.05, 3.63) is 42.4 Å². The summed E-state index contributed by atoms with van der Waals surface area (Å²) in [7, 11) is 0. The lowest BCUT2D eigenvalue weighted by molar-refractivity contribution is -0.146. The molecular formula is C18H21N3O. The fraction of sp³-hybridized carbons (Fsp3) is 0.500. The second-order valence-electron chi connectivity index (χ2n) is 7.14. The molecule has 2 fully saturated rings. The SMILES string of the molecule is O[C@@H]1[C@H]([C@H]2c3ccccc3-c3cncn32)CC12CCNCC2. The Kier molecular flexibility index (Phi) is 2.59. The first kappa shape index (κ1) is 12.9. The lowest BCUT2D eigenvalue weighted by atomic mass is 9.53. The summed E-state index contributed by atoms with van der Waals surface area (Å²) in [5, 5.41) is 14.4. The van der Waals surface area contributed by atoms with Crippen molar-refractivity contribution in [2.24, 2.45) is 11.3 Å². The molecule has 22 heavy (non-hydrogen) atoms. The zero-order valence-corrected chi connectivity index (χ0v) is 12.6. The van der Waals surface area contributed by atoms with Crippen LogP contribution in [-0.2, 0) is 0 Å². The van der Waals surface area contributed by atoms with Crippen molar-refractivity contribution in [3.8, 4) is 11.3 Å². The minimum atomic E-state index is -0.194. The summed E-state index contributed by atoms with van der Waals surface area (Å²) >= 11 is 0. The minimum absolute atomic E-state index is 0.161. The standard InChI is InChI=1S/C18H21N3O/c22-17-14(9-18(17)5-7-19-8-6-18)16-13-4-2-1-3-12(13)15-10-20-11-21(15)16/h1-4,10-11,14,16-17,19,22H,5-9H2/t14-,16+,17+/m0/s1. The highest BCUT2D eigenvalue weighted by molar-refractivity contribution is 5.69.